The number of aliphatic hydroxyl groups is 7. The molecule has 0 radical (unpaired) electrons. The number of carbonyl (C=O) groups excluding carboxylic acids is 1. The summed E-state index contributed by atoms with van der Waals surface area (Å²) in [4.78, 5) is 12.8. The van der Waals surface area contributed by atoms with E-state index in [1.165, 1.54) is 14.0 Å². The predicted molar refractivity (Wildman–Crippen MR) is 182 cm³/mol. The van der Waals surface area contributed by atoms with Gasteiger partial charge < -0.3 is 89.4 Å². The summed E-state index contributed by atoms with van der Waals surface area (Å²) in [7, 11) is 1.35. The zero-order valence-electron chi connectivity index (χ0n) is 31.0. The van der Waals surface area contributed by atoms with Crippen molar-refractivity contribution in [3.05, 3.63) is 0 Å². The number of nitrogens with one attached hydrogen (secondary N) is 2. The normalized spacial score (nSPS) is 38.5. The molecule has 0 saturated carbocycles. The van der Waals surface area contributed by atoms with Crippen LogP contribution in [0.2, 0.25) is 0 Å². The quantitative estimate of drug-likeness (QED) is 0.0347. The van der Waals surface area contributed by atoms with Crippen LogP contribution in [0.5, 0.6) is 0 Å². The standard InChI is InChI=1S/C33H63N3O17/c1-5-6-7-22(41)36-24-27(43)30(20(15-47-12-9-38)50-32(24)45-4)53-33-25(35-18(3)40)28(44)29(21(51-33)16-48-13-10-39)52-31-23(34)26(42)17(2)19(49-31)14-46-11-8-37/h17-21,23-33,35,37-40,42-44H,5-16,34H2,1-4H3,(H,36,41)/t17-,18?,19?,20?,21?,23?,24?,25?,26+,27-,28-,29-,30-,31-,32+,33-/m0/s1. The van der Waals surface area contributed by atoms with Crippen molar-refractivity contribution in [1.29, 1.82) is 0 Å². The van der Waals surface area contributed by atoms with Crippen LogP contribution >= 0.6 is 0 Å². The second-order valence-corrected chi connectivity index (χ2v) is 13.4. The van der Waals surface area contributed by atoms with Crippen LogP contribution in [-0.2, 0) is 47.4 Å². The van der Waals surface area contributed by atoms with Crippen LogP contribution in [-0.4, -0.2) is 200 Å². The Bertz CT molecular complexity index is 1020. The Morgan fingerprint density at radius 2 is 1.26 bits per heavy atom. The molecule has 11 N–H and O–H groups in total. The largest absolute Gasteiger partial charge is 0.394 e. The van der Waals surface area contributed by atoms with Crippen LogP contribution in [0.4, 0.5) is 0 Å². The van der Waals surface area contributed by atoms with E-state index in [1.54, 1.807) is 6.92 Å². The maximum Gasteiger partial charge on any atom is 0.220 e. The molecule has 0 aromatic heterocycles. The van der Waals surface area contributed by atoms with E-state index in [0.717, 1.165) is 6.42 Å². The molecule has 0 aliphatic carbocycles. The van der Waals surface area contributed by atoms with E-state index in [1.807, 2.05) is 6.92 Å². The van der Waals surface area contributed by atoms with Crippen molar-refractivity contribution in [3.63, 3.8) is 0 Å². The summed E-state index contributed by atoms with van der Waals surface area (Å²) < 4.78 is 53.2. The SMILES string of the molecule is CCCCC(=O)NC1[C@H](OC)OC(COCCO)[C@H](O[C@@H]2OC(COCCO)[C@H](O[C@@H]3OC(COCCO)[C@H](C)[C@@H](O)C3N)[C@@H](O)C2NC(C)O)[C@H]1O. The molecule has 20 heteroatoms. The molecule has 0 spiro atoms. The smallest absolute Gasteiger partial charge is 0.220 e. The zero-order valence-corrected chi connectivity index (χ0v) is 31.0. The minimum atomic E-state index is -1.55. The molecule has 0 bridgehead atoms. The van der Waals surface area contributed by atoms with Gasteiger partial charge in [-0.2, -0.15) is 0 Å². The van der Waals surface area contributed by atoms with Gasteiger partial charge in [0.1, 0.15) is 48.9 Å². The van der Waals surface area contributed by atoms with E-state index in [2.05, 4.69) is 10.6 Å². The number of aliphatic hydroxyl groups excluding tert-OH is 7. The number of unbranched alkanes of at least 4 members (excludes halogenated alkanes) is 1. The highest BCUT2D eigenvalue weighted by atomic mass is 16.7. The van der Waals surface area contributed by atoms with Gasteiger partial charge in [-0.25, -0.2) is 0 Å². The first kappa shape index (κ1) is 46.1. The first-order valence-corrected chi connectivity index (χ1v) is 18.3. The number of amides is 1. The summed E-state index contributed by atoms with van der Waals surface area (Å²) >= 11 is 0. The summed E-state index contributed by atoms with van der Waals surface area (Å²) in [5, 5.41) is 78.5. The number of hydrogen-bond donors (Lipinski definition) is 10. The lowest BCUT2D eigenvalue weighted by Crippen LogP contribution is -2.70. The molecule has 3 aliphatic rings. The molecule has 7 unspecified atom stereocenters. The Morgan fingerprint density at radius 1 is 0.774 bits per heavy atom. The van der Waals surface area contributed by atoms with Gasteiger partial charge in [0.05, 0.1) is 83.8 Å². The van der Waals surface area contributed by atoms with Crippen molar-refractivity contribution in [3.8, 4) is 0 Å². The summed E-state index contributed by atoms with van der Waals surface area (Å²) in [6.45, 7) is 3.71. The molecule has 3 heterocycles. The molecule has 3 aliphatic heterocycles. The molecule has 20 nitrogen and oxygen atoms in total. The molecular formula is C33H63N3O17. The van der Waals surface area contributed by atoms with Crippen molar-refractivity contribution in [2.75, 3.05) is 66.6 Å². The number of methoxy groups -OCH3 is 1. The number of rotatable bonds is 23. The average Bonchev–Trinajstić information content (AvgIpc) is 3.13. The Balaban J connectivity index is 1.93. The first-order chi connectivity index (χ1) is 25.4. The van der Waals surface area contributed by atoms with Gasteiger partial charge in [-0.1, -0.05) is 20.3 Å². The van der Waals surface area contributed by atoms with Crippen molar-refractivity contribution in [2.24, 2.45) is 11.7 Å². The molecule has 312 valence electrons. The van der Waals surface area contributed by atoms with Gasteiger partial charge in [0.2, 0.25) is 5.91 Å². The molecule has 1 amide bonds. The third-order valence-electron chi connectivity index (χ3n) is 9.38. The van der Waals surface area contributed by atoms with Crippen LogP contribution in [0.15, 0.2) is 0 Å². The fourth-order valence-corrected chi connectivity index (χ4v) is 6.50. The van der Waals surface area contributed by atoms with Gasteiger partial charge in [-0.05, 0) is 13.3 Å². The first-order valence-electron chi connectivity index (χ1n) is 18.3. The lowest BCUT2D eigenvalue weighted by Gasteiger charge is -2.50. The second-order valence-electron chi connectivity index (χ2n) is 13.4. The van der Waals surface area contributed by atoms with E-state index >= 15 is 0 Å². The lowest BCUT2D eigenvalue weighted by atomic mass is 9.89. The van der Waals surface area contributed by atoms with Crippen LogP contribution in [0.25, 0.3) is 0 Å². The van der Waals surface area contributed by atoms with Crippen molar-refractivity contribution < 1.29 is 83.2 Å². The number of nitrogens with two attached hydrogens (primary N) is 1. The second kappa shape index (κ2) is 23.7. The van der Waals surface area contributed by atoms with Gasteiger partial charge in [0.15, 0.2) is 18.9 Å². The van der Waals surface area contributed by atoms with E-state index in [-0.39, 0.29) is 71.8 Å². The third-order valence-corrected chi connectivity index (χ3v) is 9.38. The zero-order chi connectivity index (χ0) is 39.1. The molecule has 3 rings (SSSR count). The van der Waals surface area contributed by atoms with E-state index < -0.39 is 98.0 Å². The Morgan fingerprint density at radius 3 is 1.77 bits per heavy atom. The van der Waals surface area contributed by atoms with Gasteiger partial charge in [0, 0.05) is 19.4 Å². The summed E-state index contributed by atoms with van der Waals surface area (Å²) in [5.41, 5.74) is 6.35. The van der Waals surface area contributed by atoms with E-state index in [9.17, 15) is 35.4 Å². The van der Waals surface area contributed by atoms with E-state index in [0.29, 0.717) is 6.42 Å². The maximum atomic E-state index is 12.8. The highest BCUT2D eigenvalue weighted by Gasteiger charge is 2.54. The molecule has 3 saturated heterocycles. The van der Waals surface area contributed by atoms with Crippen LogP contribution in [0.1, 0.15) is 40.0 Å². The van der Waals surface area contributed by atoms with Crippen LogP contribution in [0, 0.1) is 5.92 Å². The topological polar surface area (TPSA) is 292 Å². The fraction of sp³-hybridized carbons (Fsp3) is 0.970. The number of ether oxygens (including phenoxy) is 9. The summed E-state index contributed by atoms with van der Waals surface area (Å²) in [6.07, 6.45) is -13.1. The van der Waals surface area contributed by atoms with Crippen LogP contribution < -0.4 is 16.4 Å². The van der Waals surface area contributed by atoms with Crippen molar-refractivity contribution in [1.82, 2.24) is 10.6 Å². The minimum Gasteiger partial charge on any atom is -0.394 e. The third kappa shape index (κ3) is 13.2. The van der Waals surface area contributed by atoms with Crippen LogP contribution in [0.3, 0.4) is 0 Å². The summed E-state index contributed by atoms with van der Waals surface area (Å²) in [5.74, 6) is -0.821. The van der Waals surface area contributed by atoms with Crippen molar-refractivity contribution in [2.45, 2.75) is 132 Å². The Kier molecular flexibility index (Phi) is 20.7. The molecule has 3 fully saturated rings. The molecule has 53 heavy (non-hydrogen) atoms. The van der Waals surface area contributed by atoms with Gasteiger partial charge in [-0.15, -0.1) is 0 Å². The van der Waals surface area contributed by atoms with E-state index in [4.69, 9.17) is 53.5 Å². The average molecular weight is 774 g/mol. The molecule has 16 atom stereocenters. The molecular weight excluding hydrogens is 710 g/mol. The number of hydrogen-bond acceptors (Lipinski definition) is 19. The van der Waals surface area contributed by atoms with Gasteiger partial charge in [0.25, 0.3) is 0 Å². The minimum absolute atomic E-state index is 0.0131. The van der Waals surface area contributed by atoms with Gasteiger partial charge in [-0.3, -0.25) is 10.1 Å². The summed E-state index contributed by atoms with van der Waals surface area (Å²) in [6, 6.07) is -3.44. The maximum absolute atomic E-state index is 12.8. The predicted octanol–water partition coefficient (Wildman–Crippen LogP) is -4.38. The highest BCUT2D eigenvalue weighted by molar-refractivity contribution is 5.76. The highest BCUT2D eigenvalue weighted by Crippen LogP contribution is 2.34. The monoisotopic (exact) mass is 773 g/mol. The molecule has 0 aromatic rings. The molecule has 0 aromatic carbocycles. The lowest BCUT2D eigenvalue weighted by molar-refractivity contribution is -0.353. The Hall–Kier alpha value is -1.25. The van der Waals surface area contributed by atoms with Gasteiger partial charge >= 0.3 is 0 Å². The van der Waals surface area contributed by atoms with Crippen molar-refractivity contribution >= 4 is 5.91 Å². The fourth-order valence-electron chi connectivity index (χ4n) is 6.50. The Labute approximate surface area is 310 Å². The number of carbonyl (C=O) groups is 1.